The molecule has 1 aromatic heterocycles. The SMILES string of the molecule is CC(=O)Nc1ccc(N)c(C(=N)c2cnn(C)c2)c1. The molecule has 0 unspecified atom stereocenters. The van der Waals surface area contributed by atoms with E-state index in [4.69, 9.17) is 11.1 Å². The van der Waals surface area contributed by atoms with Crippen LogP contribution in [0.4, 0.5) is 11.4 Å². The van der Waals surface area contributed by atoms with Crippen LogP contribution in [0.1, 0.15) is 18.1 Å². The second-order valence-electron chi connectivity index (χ2n) is 4.26. The van der Waals surface area contributed by atoms with E-state index in [1.165, 1.54) is 6.92 Å². The Morgan fingerprint density at radius 2 is 2.21 bits per heavy atom. The molecule has 0 aliphatic carbocycles. The highest BCUT2D eigenvalue weighted by Crippen LogP contribution is 2.21. The van der Waals surface area contributed by atoms with Gasteiger partial charge in [0.25, 0.3) is 0 Å². The quantitative estimate of drug-likeness (QED) is 0.572. The van der Waals surface area contributed by atoms with Crippen LogP contribution >= 0.6 is 0 Å². The average Bonchev–Trinajstić information content (AvgIpc) is 2.77. The number of benzene rings is 1. The van der Waals surface area contributed by atoms with Gasteiger partial charge in [-0.1, -0.05) is 0 Å². The summed E-state index contributed by atoms with van der Waals surface area (Å²) in [6, 6.07) is 5.06. The van der Waals surface area contributed by atoms with Crippen molar-refractivity contribution >= 4 is 23.0 Å². The summed E-state index contributed by atoms with van der Waals surface area (Å²) >= 11 is 0. The van der Waals surface area contributed by atoms with Gasteiger partial charge in [-0.25, -0.2) is 0 Å². The summed E-state index contributed by atoms with van der Waals surface area (Å²) in [5.41, 5.74) is 8.51. The number of nitrogens with one attached hydrogen (secondary N) is 2. The van der Waals surface area contributed by atoms with E-state index in [1.807, 2.05) is 0 Å². The monoisotopic (exact) mass is 257 g/mol. The number of nitrogens with zero attached hydrogens (tertiary/aromatic N) is 2. The average molecular weight is 257 g/mol. The number of aryl methyl sites for hydroxylation is 1. The maximum Gasteiger partial charge on any atom is 0.221 e. The Bertz CT molecular complexity index is 644. The normalized spacial score (nSPS) is 10.2. The zero-order chi connectivity index (χ0) is 14.0. The third kappa shape index (κ3) is 2.79. The first-order valence-corrected chi connectivity index (χ1v) is 5.72. The minimum Gasteiger partial charge on any atom is -0.398 e. The van der Waals surface area contributed by atoms with Crippen molar-refractivity contribution in [2.24, 2.45) is 7.05 Å². The molecule has 0 radical (unpaired) electrons. The topological polar surface area (TPSA) is 96.8 Å². The molecule has 19 heavy (non-hydrogen) atoms. The van der Waals surface area contributed by atoms with Gasteiger partial charge in [0.2, 0.25) is 5.91 Å². The highest BCUT2D eigenvalue weighted by molar-refractivity contribution is 6.14. The van der Waals surface area contributed by atoms with Crippen LogP contribution in [0.2, 0.25) is 0 Å². The van der Waals surface area contributed by atoms with Gasteiger partial charge in [-0.05, 0) is 18.2 Å². The number of anilines is 2. The van der Waals surface area contributed by atoms with Gasteiger partial charge < -0.3 is 11.1 Å². The van der Waals surface area contributed by atoms with Crippen molar-refractivity contribution in [3.63, 3.8) is 0 Å². The van der Waals surface area contributed by atoms with Crippen molar-refractivity contribution in [3.8, 4) is 0 Å². The minimum atomic E-state index is -0.163. The first-order chi connectivity index (χ1) is 8.97. The molecule has 0 saturated carbocycles. The van der Waals surface area contributed by atoms with E-state index in [2.05, 4.69) is 10.4 Å². The summed E-state index contributed by atoms with van der Waals surface area (Å²) in [7, 11) is 1.79. The summed E-state index contributed by atoms with van der Waals surface area (Å²) in [4.78, 5) is 11.0. The Labute approximate surface area is 110 Å². The Balaban J connectivity index is 2.38. The molecule has 0 bridgehead atoms. The summed E-state index contributed by atoms with van der Waals surface area (Å²) in [5.74, 6) is -0.163. The van der Waals surface area contributed by atoms with Gasteiger partial charge in [0, 0.05) is 42.7 Å². The van der Waals surface area contributed by atoms with E-state index >= 15 is 0 Å². The summed E-state index contributed by atoms with van der Waals surface area (Å²) < 4.78 is 1.62. The number of hydrogen-bond donors (Lipinski definition) is 3. The Kier molecular flexibility index (Phi) is 3.33. The molecule has 0 aliphatic rings. The maximum absolute atomic E-state index is 11.0. The number of rotatable bonds is 3. The number of hydrogen-bond acceptors (Lipinski definition) is 4. The molecular weight excluding hydrogens is 242 g/mol. The molecule has 0 aliphatic heterocycles. The zero-order valence-electron chi connectivity index (χ0n) is 10.8. The van der Waals surface area contributed by atoms with Gasteiger partial charge in [0.15, 0.2) is 0 Å². The lowest BCUT2D eigenvalue weighted by atomic mass is 10.0. The van der Waals surface area contributed by atoms with E-state index in [-0.39, 0.29) is 11.6 Å². The molecule has 0 saturated heterocycles. The highest BCUT2D eigenvalue weighted by atomic mass is 16.1. The fourth-order valence-corrected chi connectivity index (χ4v) is 1.76. The van der Waals surface area contributed by atoms with Crippen LogP contribution in [0.3, 0.4) is 0 Å². The number of aromatic nitrogens is 2. The van der Waals surface area contributed by atoms with Crippen molar-refractivity contribution in [1.29, 1.82) is 5.41 Å². The number of nitrogen functional groups attached to an aromatic ring is 1. The van der Waals surface area contributed by atoms with Gasteiger partial charge in [-0.15, -0.1) is 0 Å². The summed E-state index contributed by atoms with van der Waals surface area (Å²) in [6.07, 6.45) is 3.35. The van der Waals surface area contributed by atoms with Crippen LogP contribution in [0.25, 0.3) is 0 Å². The molecule has 0 atom stereocenters. The van der Waals surface area contributed by atoms with Crippen LogP contribution in [0.5, 0.6) is 0 Å². The lowest BCUT2D eigenvalue weighted by Gasteiger charge is -2.09. The van der Waals surface area contributed by atoms with Crippen molar-refractivity contribution in [3.05, 3.63) is 41.7 Å². The Morgan fingerprint density at radius 3 is 2.79 bits per heavy atom. The summed E-state index contributed by atoms with van der Waals surface area (Å²) in [5, 5.41) is 14.9. The molecule has 6 nitrogen and oxygen atoms in total. The van der Waals surface area contributed by atoms with Crippen LogP contribution in [-0.4, -0.2) is 21.4 Å². The third-order valence-corrected chi connectivity index (χ3v) is 2.64. The molecule has 2 aromatic rings. The van der Waals surface area contributed by atoms with Gasteiger partial charge in [0.1, 0.15) is 0 Å². The number of nitrogens with two attached hydrogens (primary N) is 1. The van der Waals surface area contributed by atoms with E-state index < -0.39 is 0 Å². The van der Waals surface area contributed by atoms with Crippen molar-refractivity contribution in [1.82, 2.24) is 9.78 Å². The van der Waals surface area contributed by atoms with Gasteiger partial charge >= 0.3 is 0 Å². The van der Waals surface area contributed by atoms with E-state index in [1.54, 1.807) is 42.3 Å². The van der Waals surface area contributed by atoms with Crippen LogP contribution in [0, 0.1) is 5.41 Å². The Morgan fingerprint density at radius 1 is 1.47 bits per heavy atom. The van der Waals surface area contributed by atoms with E-state index in [0.717, 1.165) is 0 Å². The number of amides is 1. The van der Waals surface area contributed by atoms with Gasteiger partial charge in [0.05, 0.1) is 11.9 Å². The standard InChI is InChI=1S/C13H15N5O/c1-8(19)17-10-3-4-12(14)11(5-10)13(15)9-6-16-18(2)7-9/h3-7,15H,14H2,1-2H3,(H,17,19). The molecule has 98 valence electrons. The Hall–Kier alpha value is -2.63. The van der Waals surface area contributed by atoms with Crippen molar-refractivity contribution in [2.45, 2.75) is 6.92 Å². The molecule has 1 aromatic carbocycles. The fraction of sp³-hybridized carbons (Fsp3) is 0.154. The molecule has 2 rings (SSSR count). The smallest absolute Gasteiger partial charge is 0.221 e. The second kappa shape index (κ2) is 4.93. The summed E-state index contributed by atoms with van der Waals surface area (Å²) in [6.45, 7) is 1.43. The molecule has 4 N–H and O–H groups in total. The van der Waals surface area contributed by atoms with Gasteiger partial charge in [-0.2, -0.15) is 5.10 Å². The van der Waals surface area contributed by atoms with Crippen molar-refractivity contribution < 1.29 is 4.79 Å². The highest BCUT2D eigenvalue weighted by Gasteiger charge is 2.11. The second-order valence-corrected chi connectivity index (χ2v) is 4.26. The molecule has 1 heterocycles. The molecule has 6 heteroatoms. The minimum absolute atomic E-state index is 0.163. The van der Waals surface area contributed by atoms with Crippen LogP contribution in [0.15, 0.2) is 30.6 Å². The van der Waals surface area contributed by atoms with Crippen LogP contribution < -0.4 is 11.1 Å². The van der Waals surface area contributed by atoms with E-state index in [9.17, 15) is 4.79 Å². The molecule has 0 fully saturated rings. The maximum atomic E-state index is 11.0. The predicted octanol–water partition coefficient (Wildman–Crippen LogP) is 1.38. The fourth-order valence-electron chi connectivity index (χ4n) is 1.76. The predicted molar refractivity (Wildman–Crippen MR) is 74.3 cm³/mol. The van der Waals surface area contributed by atoms with Crippen molar-refractivity contribution in [2.75, 3.05) is 11.1 Å². The zero-order valence-corrected chi connectivity index (χ0v) is 10.8. The number of carbonyl (C=O) groups is 1. The molecular formula is C13H15N5O. The lowest BCUT2D eigenvalue weighted by molar-refractivity contribution is -0.114. The van der Waals surface area contributed by atoms with Gasteiger partial charge in [-0.3, -0.25) is 14.9 Å². The first kappa shape index (κ1) is 12.8. The lowest BCUT2D eigenvalue weighted by Crippen LogP contribution is -2.09. The first-order valence-electron chi connectivity index (χ1n) is 5.72. The molecule has 0 spiro atoms. The van der Waals surface area contributed by atoms with Crippen LogP contribution in [-0.2, 0) is 11.8 Å². The largest absolute Gasteiger partial charge is 0.398 e. The third-order valence-electron chi connectivity index (χ3n) is 2.64. The van der Waals surface area contributed by atoms with E-state index in [0.29, 0.717) is 22.5 Å². The number of carbonyl (C=O) groups excluding carboxylic acids is 1. The molecule has 1 amide bonds.